The van der Waals surface area contributed by atoms with Crippen LogP contribution in [0.1, 0.15) is 12.5 Å². The van der Waals surface area contributed by atoms with Crippen molar-refractivity contribution < 1.29 is 4.79 Å². The number of thioether (sulfide) groups is 1. The number of nitrogens with two attached hydrogens (primary N) is 1. The number of fused-ring (bicyclic) bond motifs is 1. The monoisotopic (exact) mass is 430 g/mol. The first kappa shape index (κ1) is 20.7. The Hall–Kier alpha value is -3.58. The quantitative estimate of drug-likeness (QED) is 0.362. The van der Waals surface area contributed by atoms with Crippen LogP contribution >= 0.6 is 11.8 Å². The van der Waals surface area contributed by atoms with E-state index in [0.29, 0.717) is 5.16 Å². The molecule has 0 fully saturated rings. The zero-order valence-corrected chi connectivity index (χ0v) is 18.0. The number of hydrogen-bond acceptors (Lipinski definition) is 5. The molecule has 4 rings (SSSR count). The van der Waals surface area contributed by atoms with E-state index in [1.165, 1.54) is 17.8 Å². The summed E-state index contributed by atoms with van der Waals surface area (Å²) in [6.45, 7) is 3.75. The first-order chi connectivity index (χ1) is 14.9. The Morgan fingerprint density at radius 2 is 1.81 bits per heavy atom. The number of carbonyl (C=O) groups excluding carboxylic acids is 1. The second-order valence-corrected chi connectivity index (χ2v) is 8.56. The fourth-order valence-electron chi connectivity index (χ4n) is 3.36. The number of nitrogens with one attached hydrogen (secondary N) is 1. The van der Waals surface area contributed by atoms with Gasteiger partial charge in [0.05, 0.1) is 5.25 Å². The third kappa shape index (κ3) is 4.46. The number of aryl methyl sites for hydroxylation is 1. The van der Waals surface area contributed by atoms with Crippen molar-refractivity contribution in [2.75, 3.05) is 11.1 Å². The number of amides is 1. The molecule has 0 aliphatic carbocycles. The minimum atomic E-state index is -0.510. The van der Waals surface area contributed by atoms with Crippen molar-refractivity contribution in [1.82, 2.24) is 9.55 Å². The van der Waals surface area contributed by atoms with Crippen LogP contribution in [0.5, 0.6) is 0 Å². The minimum absolute atomic E-state index is 0.186. The van der Waals surface area contributed by atoms with Crippen molar-refractivity contribution in [3.63, 3.8) is 0 Å². The molecule has 4 aromatic rings. The van der Waals surface area contributed by atoms with Crippen molar-refractivity contribution in [3.8, 4) is 5.69 Å². The van der Waals surface area contributed by atoms with Gasteiger partial charge in [0.1, 0.15) is 5.82 Å². The Morgan fingerprint density at radius 3 is 2.61 bits per heavy atom. The predicted molar refractivity (Wildman–Crippen MR) is 127 cm³/mol. The maximum Gasteiger partial charge on any atom is 0.275 e. The van der Waals surface area contributed by atoms with Crippen molar-refractivity contribution >= 4 is 39.9 Å². The molecule has 1 amide bonds. The number of nitrogen functional groups attached to an aromatic ring is 1. The van der Waals surface area contributed by atoms with Crippen molar-refractivity contribution in [2.24, 2.45) is 0 Å². The molecule has 31 heavy (non-hydrogen) atoms. The lowest BCUT2D eigenvalue weighted by molar-refractivity contribution is -0.115. The lowest BCUT2D eigenvalue weighted by atomic mass is 10.1. The lowest BCUT2D eigenvalue weighted by Crippen LogP contribution is -2.24. The van der Waals surface area contributed by atoms with E-state index >= 15 is 0 Å². The number of hydrogen-bond donors (Lipinski definition) is 2. The molecule has 0 saturated heterocycles. The standard InChI is InChI=1S/C24H22N4O2S/c1-15-7-5-10-18(13-15)28-21(25)14-22(29)27-24(28)31-16(2)23(30)26-20-12-6-9-17-8-3-4-11-19(17)20/h3-14,16H,25H2,1-2H3,(H,26,30)/t16-/m0/s1. The summed E-state index contributed by atoms with van der Waals surface area (Å²) < 4.78 is 1.70. The van der Waals surface area contributed by atoms with E-state index in [1.54, 1.807) is 11.5 Å². The Balaban J connectivity index is 1.63. The van der Waals surface area contributed by atoms with Crippen LogP contribution in [0, 0.1) is 6.92 Å². The normalized spacial score (nSPS) is 11.9. The molecule has 0 bridgehead atoms. The van der Waals surface area contributed by atoms with Crippen LogP contribution in [0.3, 0.4) is 0 Å². The van der Waals surface area contributed by atoms with E-state index in [0.717, 1.165) is 27.7 Å². The number of anilines is 2. The highest BCUT2D eigenvalue weighted by atomic mass is 32.2. The molecular weight excluding hydrogens is 408 g/mol. The van der Waals surface area contributed by atoms with Crippen LogP contribution in [0.4, 0.5) is 11.5 Å². The molecule has 1 aromatic heterocycles. The van der Waals surface area contributed by atoms with Crippen LogP contribution in [0.2, 0.25) is 0 Å². The van der Waals surface area contributed by atoms with Crippen LogP contribution in [0.25, 0.3) is 16.5 Å². The summed E-state index contributed by atoms with van der Waals surface area (Å²) in [4.78, 5) is 29.1. The van der Waals surface area contributed by atoms with E-state index in [1.807, 2.05) is 73.7 Å². The number of aromatic nitrogens is 2. The van der Waals surface area contributed by atoms with Crippen LogP contribution in [0.15, 0.2) is 82.7 Å². The fourth-order valence-corrected chi connectivity index (χ4v) is 4.31. The van der Waals surface area contributed by atoms with Crippen molar-refractivity contribution in [1.29, 1.82) is 0 Å². The van der Waals surface area contributed by atoms with Gasteiger partial charge in [-0.2, -0.15) is 4.98 Å². The Morgan fingerprint density at radius 1 is 1.06 bits per heavy atom. The zero-order chi connectivity index (χ0) is 22.0. The topological polar surface area (TPSA) is 90.0 Å². The molecule has 156 valence electrons. The van der Waals surface area contributed by atoms with Gasteiger partial charge in [-0.05, 0) is 43.0 Å². The van der Waals surface area contributed by atoms with Crippen molar-refractivity contribution in [2.45, 2.75) is 24.3 Å². The van der Waals surface area contributed by atoms with Gasteiger partial charge in [-0.3, -0.25) is 14.2 Å². The zero-order valence-electron chi connectivity index (χ0n) is 17.2. The Bertz CT molecular complexity index is 1330. The first-order valence-electron chi connectivity index (χ1n) is 9.84. The Labute approximate surface area is 184 Å². The second kappa shape index (κ2) is 8.65. The summed E-state index contributed by atoms with van der Waals surface area (Å²) in [7, 11) is 0. The molecule has 0 aliphatic rings. The predicted octanol–water partition coefficient (Wildman–Crippen LogP) is 4.40. The fraction of sp³-hybridized carbons (Fsp3) is 0.125. The van der Waals surface area contributed by atoms with Crippen molar-refractivity contribution in [3.05, 3.63) is 88.7 Å². The highest BCUT2D eigenvalue weighted by Crippen LogP contribution is 2.28. The van der Waals surface area contributed by atoms with Gasteiger partial charge in [0, 0.05) is 22.8 Å². The number of nitrogens with zero attached hydrogens (tertiary/aromatic N) is 2. The molecule has 3 aromatic carbocycles. The number of carbonyl (C=O) groups is 1. The molecule has 0 radical (unpaired) electrons. The molecule has 7 heteroatoms. The largest absolute Gasteiger partial charge is 0.385 e. The van der Waals surface area contributed by atoms with Gasteiger partial charge < -0.3 is 11.1 Å². The SMILES string of the molecule is Cc1cccc(-n2c(N)cc(=O)nc2S[C@@H](C)C(=O)Nc2cccc3ccccc23)c1. The molecule has 6 nitrogen and oxygen atoms in total. The van der Waals surface area contributed by atoms with Crippen LogP contribution in [-0.4, -0.2) is 20.7 Å². The summed E-state index contributed by atoms with van der Waals surface area (Å²) in [5, 5.41) is 4.87. The molecule has 0 aliphatic heterocycles. The van der Waals surface area contributed by atoms with Gasteiger partial charge in [0.25, 0.3) is 5.56 Å². The van der Waals surface area contributed by atoms with Gasteiger partial charge in [0.15, 0.2) is 5.16 Å². The molecular formula is C24H22N4O2S. The summed E-state index contributed by atoms with van der Waals surface area (Å²) in [5.74, 6) is 0.0866. The molecule has 0 unspecified atom stereocenters. The summed E-state index contributed by atoms with van der Waals surface area (Å²) in [5.41, 5.74) is 8.29. The first-order valence-corrected chi connectivity index (χ1v) is 10.7. The van der Waals surface area contributed by atoms with Gasteiger partial charge in [-0.15, -0.1) is 0 Å². The van der Waals surface area contributed by atoms with Gasteiger partial charge in [-0.25, -0.2) is 0 Å². The van der Waals surface area contributed by atoms with E-state index in [4.69, 9.17) is 5.73 Å². The second-order valence-electron chi connectivity index (χ2n) is 7.25. The maximum atomic E-state index is 13.0. The maximum absolute atomic E-state index is 13.0. The van der Waals surface area contributed by atoms with Crippen LogP contribution < -0.4 is 16.6 Å². The lowest BCUT2D eigenvalue weighted by Gasteiger charge is -2.18. The van der Waals surface area contributed by atoms with E-state index in [2.05, 4.69) is 10.3 Å². The van der Waals surface area contributed by atoms with E-state index < -0.39 is 10.8 Å². The van der Waals surface area contributed by atoms with Gasteiger partial charge >= 0.3 is 0 Å². The van der Waals surface area contributed by atoms with Crippen LogP contribution in [-0.2, 0) is 4.79 Å². The molecule has 1 heterocycles. The summed E-state index contributed by atoms with van der Waals surface area (Å²) in [6.07, 6.45) is 0. The molecule has 1 atom stereocenters. The average Bonchev–Trinajstić information content (AvgIpc) is 2.73. The summed E-state index contributed by atoms with van der Waals surface area (Å²) >= 11 is 1.19. The number of benzene rings is 3. The smallest absolute Gasteiger partial charge is 0.275 e. The highest BCUT2D eigenvalue weighted by molar-refractivity contribution is 8.00. The number of rotatable bonds is 5. The highest BCUT2D eigenvalue weighted by Gasteiger charge is 2.20. The third-order valence-electron chi connectivity index (χ3n) is 4.89. The minimum Gasteiger partial charge on any atom is -0.385 e. The molecule has 3 N–H and O–H groups in total. The van der Waals surface area contributed by atoms with E-state index in [9.17, 15) is 9.59 Å². The van der Waals surface area contributed by atoms with Gasteiger partial charge in [0.2, 0.25) is 5.91 Å². The summed E-state index contributed by atoms with van der Waals surface area (Å²) in [6, 6.07) is 22.7. The third-order valence-corrected chi connectivity index (χ3v) is 5.94. The average molecular weight is 431 g/mol. The molecule has 0 spiro atoms. The van der Waals surface area contributed by atoms with E-state index in [-0.39, 0.29) is 11.7 Å². The Kier molecular flexibility index (Phi) is 5.77. The van der Waals surface area contributed by atoms with Gasteiger partial charge in [-0.1, -0.05) is 60.3 Å². The molecule has 0 saturated carbocycles.